The Bertz CT molecular complexity index is 815. The van der Waals surface area contributed by atoms with Gasteiger partial charge in [-0.1, -0.05) is 12.1 Å². The van der Waals surface area contributed by atoms with E-state index in [1.807, 2.05) is 6.07 Å². The molecule has 8 heteroatoms. The molecule has 0 amide bonds. The van der Waals surface area contributed by atoms with Gasteiger partial charge >= 0.3 is 6.61 Å². The van der Waals surface area contributed by atoms with Crippen LogP contribution < -0.4 is 9.46 Å². The summed E-state index contributed by atoms with van der Waals surface area (Å²) < 4.78 is 54.8. The first kappa shape index (κ1) is 16.7. The Morgan fingerprint density at radius 3 is 2.48 bits per heavy atom. The van der Waals surface area contributed by atoms with Crippen LogP contribution in [0.3, 0.4) is 0 Å². The quantitative estimate of drug-likeness (QED) is 0.878. The van der Waals surface area contributed by atoms with E-state index in [1.165, 1.54) is 30.3 Å². The predicted molar refractivity (Wildman–Crippen MR) is 80.5 cm³/mol. The zero-order chi connectivity index (χ0) is 16.9. The number of hydrogen-bond donors (Lipinski definition) is 1. The molecular weight excluding hydrogens is 326 g/mol. The first-order chi connectivity index (χ1) is 10.9. The smallest absolute Gasteiger partial charge is 0.387 e. The average Bonchev–Trinajstić information content (AvgIpc) is 2.48. The van der Waals surface area contributed by atoms with Crippen molar-refractivity contribution in [2.24, 2.45) is 0 Å². The van der Waals surface area contributed by atoms with E-state index in [0.717, 1.165) is 0 Å². The van der Waals surface area contributed by atoms with Crippen LogP contribution in [0.2, 0.25) is 0 Å². The number of nitrogens with one attached hydrogen (secondary N) is 1. The number of nitriles is 1. The summed E-state index contributed by atoms with van der Waals surface area (Å²) in [6.07, 6.45) is 0. The van der Waals surface area contributed by atoms with Crippen LogP contribution in [0.5, 0.6) is 5.75 Å². The lowest BCUT2D eigenvalue weighted by Gasteiger charge is -2.09. The van der Waals surface area contributed by atoms with Gasteiger partial charge in [0.1, 0.15) is 5.75 Å². The molecule has 0 unspecified atom stereocenters. The van der Waals surface area contributed by atoms with Crippen LogP contribution in [-0.4, -0.2) is 15.0 Å². The molecule has 2 rings (SSSR count). The van der Waals surface area contributed by atoms with Gasteiger partial charge in [0.15, 0.2) is 0 Å². The maximum absolute atomic E-state index is 12.1. The van der Waals surface area contributed by atoms with E-state index in [9.17, 15) is 17.2 Å². The van der Waals surface area contributed by atoms with Gasteiger partial charge in [-0.15, -0.1) is 0 Å². The van der Waals surface area contributed by atoms with Crippen molar-refractivity contribution in [3.63, 3.8) is 0 Å². The minimum absolute atomic E-state index is 0.0651. The number of ether oxygens (including phenoxy) is 1. The van der Waals surface area contributed by atoms with Crippen LogP contribution in [0.15, 0.2) is 48.5 Å². The lowest BCUT2D eigenvalue weighted by molar-refractivity contribution is -0.0498. The van der Waals surface area contributed by atoms with E-state index in [0.29, 0.717) is 11.1 Å². The normalized spacial score (nSPS) is 11.0. The fraction of sp³-hybridized carbons (Fsp3) is 0.133. The van der Waals surface area contributed by atoms with Crippen molar-refractivity contribution in [2.45, 2.75) is 12.4 Å². The number of alkyl halides is 2. The predicted octanol–water partition coefficient (Wildman–Crippen LogP) is 3.10. The van der Waals surface area contributed by atoms with Crippen molar-refractivity contribution in [3.8, 4) is 11.8 Å². The SMILES string of the molecule is N#Cc1cccc(CS(=O)(=O)Nc2ccc(OC(F)F)cc2)c1. The molecule has 0 aliphatic heterocycles. The minimum Gasteiger partial charge on any atom is -0.435 e. The van der Waals surface area contributed by atoms with Gasteiger partial charge in [-0.2, -0.15) is 14.0 Å². The van der Waals surface area contributed by atoms with Crippen molar-refractivity contribution in [3.05, 3.63) is 59.7 Å². The van der Waals surface area contributed by atoms with Crippen LogP contribution in [0.25, 0.3) is 0 Å². The highest BCUT2D eigenvalue weighted by atomic mass is 32.2. The molecule has 0 aliphatic carbocycles. The molecule has 2 aromatic carbocycles. The summed E-state index contributed by atoms with van der Waals surface area (Å²) in [4.78, 5) is 0. The zero-order valence-electron chi connectivity index (χ0n) is 11.7. The van der Waals surface area contributed by atoms with Crippen LogP contribution in [0, 0.1) is 11.3 Å². The number of benzene rings is 2. The van der Waals surface area contributed by atoms with E-state index >= 15 is 0 Å². The van der Waals surface area contributed by atoms with Gasteiger partial charge in [-0.25, -0.2) is 8.42 Å². The van der Waals surface area contributed by atoms with E-state index in [2.05, 4.69) is 9.46 Å². The third-order valence-corrected chi connectivity index (χ3v) is 4.03. The highest BCUT2D eigenvalue weighted by Crippen LogP contribution is 2.19. The van der Waals surface area contributed by atoms with Crippen molar-refractivity contribution in [1.29, 1.82) is 5.26 Å². The molecular formula is C15H12F2N2O3S. The number of rotatable bonds is 6. The molecule has 5 nitrogen and oxygen atoms in total. The van der Waals surface area contributed by atoms with Crippen molar-refractivity contribution in [2.75, 3.05) is 4.72 Å². The summed E-state index contributed by atoms with van der Waals surface area (Å²) in [6.45, 7) is -2.94. The van der Waals surface area contributed by atoms with Gasteiger partial charge < -0.3 is 4.74 Å². The van der Waals surface area contributed by atoms with E-state index in [-0.39, 0.29) is 17.2 Å². The van der Waals surface area contributed by atoms with Gasteiger partial charge in [0.25, 0.3) is 0 Å². The Hall–Kier alpha value is -2.66. The van der Waals surface area contributed by atoms with E-state index < -0.39 is 16.6 Å². The fourth-order valence-electron chi connectivity index (χ4n) is 1.87. The molecule has 0 saturated carbocycles. The van der Waals surface area contributed by atoms with Crippen LogP contribution in [-0.2, 0) is 15.8 Å². The first-order valence-electron chi connectivity index (χ1n) is 6.42. The summed E-state index contributed by atoms with van der Waals surface area (Å²) >= 11 is 0. The van der Waals surface area contributed by atoms with Crippen LogP contribution in [0.1, 0.15) is 11.1 Å². The fourth-order valence-corrected chi connectivity index (χ4v) is 3.06. The van der Waals surface area contributed by atoms with Crippen LogP contribution >= 0.6 is 0 Å². The molecule has 0 aromatic heterocycles. The lowest BCUT2D eigenvalue weighted by Crippen LogP contribution is -2.15. The Morgan fingerprint density at radius 2 is 1.87 bits per heavy atom. The number of halogens is 2. The second kappa shape index (κ2) is 7.07. The van der Waals surface area contributed by atoms with E-state index in [4.69, 9.17) is 5.26 Å². The van der Waals surface area contributed by atoms with Gasteiger partial charge in [0.05, 0.1) is 17.4 Å². The largest absolute Gasteiger partial charge is 0.435 e. The summed E-state index contributed by atoms with van der Waals surface area (Å²) in [7, 11) is -3.70. The van der Waals surface area contributed by atoms with Crippen molar-refractivity contribution < 1.29 is 21.9 Å². The molecule has 0 bridgehead atoms. The second-order valence-corrected chi connectivity index (χ2v) is 6.30. The Morgan fingerprint density at radius 1 is 1.17 bits per heavy atom. The number of anilines is 1. The maximum Gasteiger partial charge on any atom is 0.387 e. The molecule has 23 heavy (non-hydrogen) atoms. The first-order valence-corrected chi connectivity index (χ1v) is 8.07. The molecule has 0 radical (unpaired) electrons. The summed E-state index contributed by atoms with van der Waals surface area (Å²) in [6, 6.07) is 13.3. The molecule has 0 saturated heterocycles. The monoisotopic (exact) mass is 338 g/mol. The summed E-state index contributed by atoms with van der Waals surface area (Å²) in [5, 5.41) is 8.80. The van der Waals surface area contributed by atoms with Gasteiger partial charge in [0, 0.05) is 5.69 Å². The number of hydrogen-bond acceptors (Lipinski definition) is 4. The van der Waals surface area contributed by atoms with Gasteiger partial charge in [-0.05, 0) is 42.0 Å². The third kappa shape index (κ3) is 5.23. The maximum atomic E-state index is 12.1. The Labute approximate surface area is 132 Å². The summed E-state index contributed by atoms with van der Waals surface area (Å²) in [5.41, 5.74) is 1.06. The zero-order valence-corrected chi connectivity index (χ0v) is 12.6. The number of nitrogens with zero attached hydrogens (tertiary/aromatic N) is 1. The van der Waals surface area contributed by atoms with Gasteiger partial charge in [0.2, 0.25) is 10.0 Å². The van der Waals surface area contributed by atoms with Crippen molar-refractivity contribution >= 4 is 15.7 Å². The topological polar surface area (TPSA) is 79.2 Å². The molecule has 0 aliphatic rings. The average molecular weight is 338 g/mol. The number of sulfonamides is 1. The highest BCUT2D eigenvalue weighted by Gasteiger charge is 2.12. The van der Waals surface area contributed by atoms with Crippen molar-refractivity contribution in [1.82, 2.24) is 0 Å². The molecule has 0 spiro atoms. The van der Waals surface area contributed by atoms with Gasteiger partial charge in [-0.3, -0.25) is 4.72 Å². The lowest BCUT2D eigenvalue weighted by atomic mass is 10.2. The molecule has 1 N–H and O–H groups in total. The highest BCUT2D eigenvalue weighted by molar-refractivity contribution is 7.91. The van der Waals surface area contributed by atoms with E-state index in [1.54, 1.807) is 18.2 Å². The molecule has 0 heterocycles. The molecule has 120 valence electrons. The molecule has 2 aromatic rings. The second-order valence-electron chi connectivity index (χ2n) is 4.58. The Balaban J connectivity index is 2.07. The Kier molecular flexibility index (Phi) is 5.13. The van der Waals surface area contributed by atoms with Crippen LogP contribution in [0.4, 0.5) is 14.5 Å². The third-order valence-electron chi connectivity index (χ3n) is 2.77. The molecule has 0 atom stereocenters. The minimum atomic E-state index is -3.70. The molecule has 0 fully saturated rings. The summed E-state index contributed by atoms with van der Waals surface area (Å²) in [5.74, 6) is -0.373. The standard InChI is InChI=1S/C15H12F2N2O3S/c16-15(17)22-14-6-4-13(5-7-14)19-23(20,21)10-12-3-1-2-11(8-12)9-18/h1-8,15,19H,10H2.